The van der Waals surface area contributed by atoms with Crippen LogP contribution in [0.4, 0.5) is 0 Å². The molecule has 4 heteroatoms. The van der Waals surface area contributed by atoms with E-state index in [0.29, 0.717) is 12.2 Å². The average molecular weight is 254 g/mol. The monoisotopic (exact) mass is 254 g/mol. The van der Waals surface area contributed by atoms with Crippen LogP contribution in [-0.4, -0.2) is 17.5 Å². The number of carbonyl (C=O) groups excluding carboxylic acids is 1. The fourth-order valence-electron chi connectivity index (χ4n) is 2.18. The molecule has 2 heterocycles. The van der Waals surface area contributed by atoms with E-state index in [1.165, 1.54) is 0 Å². The molecule has 4 nitrogen and oxygen atoms in total. The molecule has 96 valence electrons. The minimum Gasteiger partial charge on any atom is -0.491 e. The second kappa shape index (κ2) is 5.10. The van der Waals surface area contributed by atoms with Gasteiger partial charge in [0.1, 0.15) is 11.4 Å². The highest BCUT2D eigenvalue weighted by molar-refractivity contribution is 5.94. The Kier molecular flexibility index (Phi) is 3.14. The van der Waals surface area contributed by atoms with Crippen molar-refractivity contribution >= 4 is 5.91 Å². The zero-order valence-corrected chi connectivity index (χ0v) is 10.4. The summed E-state index contributed by atoms with van der Waals surface area (Å²) in [4.78, 5) is 16.5. The molecule has 1 aromatic heterocycles. The van der Waals surface area contributed by atoms with Gasteiger partial charge in [0, 0.05) is 18.2 Å². The van der Waals surface area contributed by atoms with Gasteiger partial charge in [-0.15, -0.1) is 0 Å². The van der Waals surface area contributed by atoms with Crippen molar-refractivity contribution in [2.24, 2.45) is 0 Å². The third kappa shape index (κ3) is 2.42. The third-order valence-corrected chi connectivity index (χ3v) is 3.14. The summed E-state index contributed by atoms with van der Waals surface area (Å²) in [5.74, 6) is 0.677. The number of benzene rings is 1. The third-order valence-electron chi connectivity index (χ3n) is 3.14. The first-order valence-electron chi connectivity index (χ1n) is 6.28. The first-order valence-corrected chi connectivity index (χ1v) is 6.28. The van der Waals surface area contributed by atoms with Crippen LogP contribution in [0.1, 0.15) is 28.5 Å². The fraction of sp³-hybridized carbons (Fsp3) is 0.200. The predicted octanol–water partition coefficient (Wildman–Crippen LogP) is 2.34. The zero-order chi connectivity index (χ0) is 13.1. The molecule has 1 aliphatic rings. The van der Waals surface area contributed by atoms with Gasteiger partial charge in [0.05, 0.1) is 12.6 Å². The molecule has 0 aliphatic carbocycles. The number of ether oxygens (including phenoxy) is 1. The Morgan fingerprint density at radius 1 is 1.21 bits per heavy atom. The largest absolute Gasteiger partial charge is 0.491 e. The molecule has 1 N–H and O–H groups in total. The van der Waals surface area contributed by atoms with Gasteiger partial charge in [-0.25, -0.2) is 0 Å². The molecule has 0 saturated heterocycles. The van der Waals surface area contributed by atoms with E-state index in [9.17, 15) is 4.79 Å². The molecule has 19 heavy (non-hydrogen) atoms. The van der Waals surface area contributed by atoms with Gasteiger partial charge in [0.15, 0.2) is 0 Å². The van der Waals surface area contributed by atoms with Crippen molar-refractivity contribution in [2.45, 2.75) is 12.5 Å². The molecule has 0 fully saturated rings. The van der Waals surface area contributed by atoms with E-state index in [1.54, 1.807) is 18.3 Å². The van der Waals surface area contributed by atoms with E-state index in [4.69, 9.17) is 4.74 Å². The molecule has 1 atom stereocenters. The molecule has 1 aliphatic heterocycles. The number of carbonyl (C=O) groups is 1. The normalized spacial score (nSPS) is 17.2. The van der Waals surface area contributed by atoms with Gasteiger partial charge in [0.25, 0.3) is 5.91 Å². The Labute approximate surface area is 111 Å². The SMILES string of the molecule is O=C(N[C@@H]1CCOc2cccnc21)c1ccccc1. The van der Waals surface area contributed by atoms with Crippen molar-refractivity contribution in [1.29, 1.82) is 0 Å². The van der Waals surface area contributed by atoms with Gasteiger partial charge >= 0.3 is 0 Å². The Morgan fingerprint density at radius 3 is 2.89 bits per heavy atom. The number of pyridine rings is 1. The van der Waals surface area contributed by atoms with Gasteiger partial charge in [-0.3, -0.25) is 9.78 Å². The second-order valence-corrected chi connectivity index (χ2v) is 4.42. The molecule has 0 saturated carbocycles. The van der Waals surface area contributed by atoms with Crippen molar-refractivity contribution in [3.05, 3.63) is 59.9 Å². The van der Waals surface area contributed by atoms with E-state index < -0.39 is 0 Å². The van der Waals surface area contributed by atoms with Crippen LogP contribution in [0.3, 0.4) is 0 Å². The smallest absolute Gasteiger partial charge is 0.251 e. The Hall–Kier alpha value is -2.36. The lowest BCUT2D eigenvalue weighted by Crippen LogP contribution is -2.32. The highest BCUT2D eigenvalue weighted by Gasteiger charge is 2.24. The summed E-state index contributed by atoms with van der Waals surface area (Å²) in [6.07, 6.45) is 2.46. The minimum atomic E-state index is -0.0855. The Balaban J connectivity index is 1.80. The van der Waals surface area contributed by atoms with E-state index in [-0.39, 0.29) is 11.9 Å². The molecule has 2 aromatic rings. The molecular weight excluding hydrogens is 240 g/mol. The van der Waals surface area contributed by atoms with E-state index >= 15 is 0 Å². The molecule has 1 aromatic carbocycles. The fourth-order valence-corrected chi connectivity index (χ4v) is 2.18. The summed E-state index contributed by atoms with van der Waals surface area (Å²) in [6, 6.07) is 12.8. The van der Waals surface area contributed by atoms with Crippen LogP contribution in [0.25, 0.3) is 0 Å². The number of nitrogens with one attached hydrogen (secondary N) is 1. The highest BCUT2D eigenvalue weighted by atomic mass is 16.5. The van der Waals surface area contributed by atoms with Crippen LogP contribution in [0.2, 0.25) is 0 Å². The van der Waals surface area contributed by atoms with Gasteiger partial charge < -0.3 is 10.1 Å². The molecule has 0 spiro atoms. The predicted molar refractivity (Wildman–Crippen MR) is 71.0 cm³/mol. The Bertz CT molecular complexity index is 584. The zero-order valence-electron chi connectivity index (χ0n) is 10.4. The van der Waals surface area contributed by atoms with Crippen molar-refractivity contribution in [1.82, 2.24) is 10.3 Å². The first kappa shape index (κ1) is 11.7. The van der Waals surface area contributed by atoms with Crippen LogP contribution in [0.15, 0.2) is 48.7 Å². The molecular formula is C15H14N2O2. The van der Waals surface area contributed by atoms with Crippen molar-refractivity contribution in [3.8, 4) is 5.75 Å². The molecule has 0 bridgehead atoms. The summed E-state index contributed by atoms with van der Waals surface area (Å²) >= 11 is 0. The van der Waals surface area contributed by atoms with E-state index in [1.807, 2.05) is 30.3 Å². The standard InChI is InChI=1S/C15H14N2O2/c18-15(11-5-2-1-3-6-11)17-12-8-10-19-13-7-4-9-16-14(12)13/h1-7,9,12H,8,10H2,(H,17,18)/t12-/m1/s1. The summed E-state index contributed by atoms with van der Waals surface area (Å²) in [5, 5.41) is 3.01. The second-order valence-electron chi connectivity index (χ2n) is 4.42. The highest BCUT2D eigenvalue weighted by Crippen LogP contribution is 2.29. The summed E-state index contributed by atoms with van der Waals surface area (Å²) in [6.45, 7) is 0.596. The maximum Gasteiger partial charge on any atom is 0.251 e. The van der Waals surface area contributed by atoms with Crippen molar-refractivity contribution < 1.29 is 9.53 Å². The van der Waals surface area contributed by atoms with Gasteiger partial charge in [-0.2, -0.15) is 0 Å². The van der Waals surface area contributed by atoms with Crippen LogP contribution in [0, 0.1) is 0 Å². The van der Waals surface area contributed by atoms with Gasteiger partial charge in [0.2, 0.25) is 0 Å². The quantitative estimate of drug-likeness (QED) is 0.895. The molecule has 1 amide bonds. The lowest BCUT2D eigenvalue weighted by Gasteiger charge is -2.25. The summed E-state index contributed by atoms with van der Waals surface area (Å²) < 4.78 is 5.53. The lowest BCUT2D eigenvalue weighted by molar-refractivity contribution is 0.0923. The van der Waals surface area contributed by atoms with Crippen molar-refractivity contribution in [3.63, 3.8) is 0 Å². The molecule has 0 unspecified atom stereocenters. The van der Waals surface area contributed by atoms with E-state index in [2.05, 4.69) is 10.3 Å². The minimum absolute atomic E-state index is 0.0795. The molecule has 3 rings (SSSR count). The number of hydrogen-bond donors (Lipinski definition) is 1. The maximum absolute atomic E-state index is 12.1. The van der Waals surface area contributed by atoms with Crippen LogP contribution in [-0.2, 0) is 0 Å². The van der Waals surface area contributed by atoms with Gasteiger partial charge in [-0.05, 0) is 24.3 Å². The van der Waals surface area contributed by atoms with Crippen LogP contribution < -0.4 is 10.1 Å². The number of nitrogens with zero attached hydrogens (tertiary/aromatic N) is 1. The number of rotatable bonds is 2. The number of aromatic nitrogens is 1. The maximum atomic E-state index is 12.1. The number of fused-ring (bicyclic) bond motifs is 1. The first-order chi connectivity index (χ1) is 9.34. The number of amides is 1. The molecule has 0 radical (unpaired) electrons. The summed E-state index contributed by atoms with van der Waals surface area (Å²) in [7, 11) is 0. The van der Waals surface area contributed by atoms with Crippen LogP contribution >= 0.6 is 0 Å². The van der Waals surface area contributed by atoms with E-state index in [0.717, 1.165) is 17.9 Å². The summed E-state index contributed by atoms with van der Waals surface area (Å²) in [5.41, 5.74) is 1.46. The van der Waals surface area contributed by atoms with Crippen LogP contribution in [0.5, 0.6) is 5.75 Å². The average Bonchev–Trinajstić information content (AvgIpc) is 2.48. The lowest BCUT2D eigenvalue weighted by atomic mass is 10.1. The number of hydrogen-bond acceptors (Lipinski definition) is 3. The Morgan fingerprint density at radius 2 is 2.05 bits per heavy atom. The topological polar surface area (TPSA) is 51.2 Å². The van der Waals surface area contributed by atoms with Crippen molar-refractivity contribution in [2.75, 3.05) is 6.61 Å². The van der Waals surface area contributed by atoms with Gasteiger partial charge in [-0.1, -0.05) is 18.2 Å².